The third-order valence-electron chi connectivity index (χ3n) is 3.60. The minimum absolute atomic E-state index is 0.0841. The van der Waals surface area contributed by atoms with E-state index in [1.54, 1.807) is 30.4 Å². The molecule has 3 aromatic rings. The molecule has 0 aliphatic carbocycles. The zero-order chi connectivity index (χ0) is 16.4. The fraction of sp³-hybridized carbons (Fsp3) is 0.235. The van der Waals surface area contributed by atoms with Crippen molar-refractivity contribution in [2.24, 2.45) is 0 Å². The molecule has 0 aliphatic rings. The third-order valence-corrected chi connectivity index (χ3v) is 4.87. The van der Waals surface area contributed by atoms with E-state index in [2.05, 4.69) is 15.3 Å². The lowest BCUT2D eigenvalue weighted by Gasteiger charge is -2.09. The van der Waals surface area contributed by atoms with E-state index in [9.17, 15) is 9.59 Å². The van der Waals surface area contributed by atoms with Gasteiger partial charge in [0.05, 0.1) is 15.2 Å². The molecule has 6 heteroatoms. The first kappa shape index (κ1) is 15.4. The Bertz CT molecular complexity index is 880. The van der Waals surface area contributed by atoms with Crippen molar-refractivity contribution in [2.75, 3.05) is 6.54 Å². The van der Waals surface area contributed by atoms with Crippen molar-refractivity contribution in [3.8, 4) is 0 Å². The van der Waals surface area contributed by atoms with Crippen LogP contribution in [0.5, 0.6) is 0 Å². The number of carbonyl (C=O) groups excluding carboxylic acids is 1. The molecule has 0 saturated carbocycles. The summed E-state index contributed by atoms with van der Waals surface area (Å²) >= 11 is 1.63. The van der Waals surface area contributed by atoms with E-state index in [1.165, 1.54) is 0 Å². The molecule has 118 valence electrons. The van der Waals surface area contributed by atoms with Gasteiger partial charge >= 0.3 is 0 Å². The minimum Gasteiger partial charge on any atom is -0.351 e. The molecule has 3 rings (SSSR count). The lowest BCUT2D eigenvalue weighted by atomic mass is 10.2. The van der Waals surface area contributed by atoms with Gasteiger partial charge in [-0.3, -0.25) is 9.59 Å². The standard InChI is InChI=1S/C17H17N3O2S/c1-10(17-20-13-5-3-4-6-14(13)23-17)9-18-15(21)12-8-7-11(2)19-16(12)22/h3-8,10H,9H2,1-2H3,(H,18,21)(H,19,22). The van der Waals surface area contributed by atoms with Crippen LogP contribution in [0.2, 0.25) is 0 Å². The maximum Gasteiger partial charge on any atom is 0.260 e. The number of H-pyrrole nitrogens is 1. The monoisotopic (exact) mass is 327 g/mol. The molecule has 0 radical (unpaired) electrons. The largest absolute Gasteiger partial charge is 0.351 e. The molecule has 2 N–H and O–H groups in total. The molecule has 0 fully saturated rings. The number of carbonyl (C=O) groups is 1. The first-order valence-corrected chi connectivity index (χ1v) is 8.20. The first-order valence-electron chi connectivity index (χ1n) is 7.38. The molecule has 0 aliphatic heterocycles. The van der Waals surface area contributed by atoms with Gasteiger partial charge in [-0.15, -0.1) is 11.3 Å². The molecule has 1 amide bonds. The number of pyridine rings is 1. The number of thiazole rings is 1. The number of para-hydroxylation sites is 1. The SMILES string of the molecule is Cc1ccc(C(=O)NCC(C)c2nc3ccccc3s2)c(=O)[nH]1. The second kappa shape index (κ2) is 6.34. The van der Waals surface area contributed by atoms with Crippen LogP contribution in [0.3, 0.4) is 0 Å². The van der Waals surface area contributed by atoms with Crippen LogP contribution in [-0.2, 0) is 0 Å². The number of nitrogens with one attached hydrogen (secondary N) is 2. The molecule has 1 atom stereocenters. The number of amides is 1. The van der Waals surface area contributed by atoms with Crippen molar-refractivity contribution in [1.29, 1.82) is 0 Å². The van der Waals surface area contributed by atoms with Crippen LogP contribution in [0.25, 0.3) is 10.2 Å². The molecule has 0 bridgehead atoms. The normalized spacial score (nSPS) is 12.3. The van der Waals surface area contributed by atoms with Crippen LogP contribution in [-0.4, -0.2) is 22.4 Å². The van der Waals surface area contributed by atoms with Crippen molar-refractivity contribution >= 4 is 27.5 Å². The van der Waals surface area contributed by atoms with Gasteiger partial charge in [-0.2, -0.15) is 0 Å². The van der Waals surface area contributed by atoms with Crippen LogP contribution >= 0.6 is 11.3 Å². The summed E-state index contributed by atoms with van der Waals surface area (Å²) in [6, 6.07) is 11.2. The second-order valence-electron chi connectivity index (χ2n) is 5.52. The molecule has 0 spiro atoms. The molecular formula is C17H17N3O2S. The summed E-state index contributed by atoms with van der Waals surface area (Å²) in [7, 11) is 0. The Hall–Kier alpha value is -2.47. The molecule has 1 unspecified atom stereocenters. The van der Waals surface area contributed by atoms with E-state index in [0.717, 1.165) is 20.9 Å². The molecule has 5 nitrogen and oxygen atoms in total. The van der Waals surface area contributed by atoms with Crippen molar-refractivity contribution < 1.29 is 4.79 Å². The average molecular weight is 327 g/mol. The number of aromatic nitrogens is 2. The summed E-state index contributed by atoms with van der Waals surface area (Å²) in [5.74, 6) is -0.278. The highest BCUT2D eigenvalue weighted by molar-refractivity contribution is 7.18. The van der Waals surface area contributed by atoms with Gasteiger partial charge in [0.15, 0.2) is 0 Å². The molecule has 0 saturated heterocycles. The number of aromatic amines is 1. The molecular weight excluding hydrogens is 310 g/mol. The molecule has 23 heavy (non-hydrogen) atoms. The van der Waals surface area contributed by atoms with Crippen molar-refractivity contribution in [3.63, 3.8) is 0 Å². The number of hydrogen-bond acceptors (Lipinski definition) is 4. The quantitative estimate of drug-likeness (QED) is 0.774. The smallest absolute Gasteiger partial charge is 0.260 e. The highest BCUT2D eigenvalue weighted by Crippen LogP contribution is 2.26. The van der Waals surface area contributed by atoms with E-state index in [-0.39, 0.29) is 22.9 Å². The van der Waals surface area contributed by atoms with Gasteiger partial charge in [0.25, 0.3) is 11.5 Å². The van der Waals surface area contributed by atoms with E-state index in [0.29, 0.717) is 6.54 Å². The number of hydrogen-bond donors (Lipinski definition) is 2. The summed E-state index contributed by atoms with van der Waals surface area (Å²) in [6.07, 6.45) is 0. The maximum absolute atomic E-state index is 12.1. The van der Waals surface area contributed by atoms with Crippen LogP contribution < -0.4 is 10.9 Å². The zero-order valence-corrected chi connectivity index (χ0v) is 13.7. The Balaban J connectivity index is 1.69. The van der Waals surface area contributed by atoms with Crippen LogP contribution in [0.1, 0.15) is 33.9 Å². The Morgan fingerprint density at radius 1 is 1.30 bits per heavy atom. The van der Waals surface area contributed by atoms with Gasteiger partial charge < -0.3 is 10.3 Å². The fourth-order valence-corrected chi connectivity index (χ4v) is 3.30. The predicted molar refractivity (Wildman–Crippen MR) is 92.2 cm³/mol. The van der Waals surface area contributed by atoms with Gasteiger partial charge in [0.1, 0.15) is 5.56 Å². The Labute approximate surface area is 137 Å². The van der Waals surface area contributed by atoms with E-state index in [1.807, 2.05) is 31.2 Å². The Kier molecular flexibility index (Phi) is 4.25. The van der Waals surface area contributed by atoms with Gasteiger partial charge in [-0.1, -0.05) is 19.1 Å². The number of benzene rings is 1. The minimum atomic E-state index is -0.366. The summed E-state index contributed by atoms with van der Waals surface area (Å²) < 4.78 is 1.13. The van der Waals surface area contributed by atoms with Gasteiger partial charge in [0.2, 0.25) is 0 Å². The van der Waals surface area contributed by atoms with Gasteiger partial charge in [0, 0.05) is 18.2 Å². The summed E-state index contributed by atoms with van der Waals surface area (Å²) in [5, 5.41) is 3.79. The predicted octanol–water partition coefficient (Wildman–Crippen LogP) is 2.83. The second-order valence-corrected chi connectivity index (χ2v) is 6.58. The highest BCUT2D eigenvalue weighted by Gasteiger charge is 2.15. The van der Waals surface area contributed by atoms with E-state index >= 15 is 0 Å². The average Bonchev–Trinajstić information content (AvgIpc) is 2.96. The van der Waals surface area contributed by atoms with E-state index in [4.69, 9.17) is 0 Å². The summed E-state index contributed by atoms with van der Waals surface area (Å²) in [4.78, 5) is 31.1. The van der Waals surface area contributed by atoms with Gasteiger partial charge in [-0.25, -0.2) is 4.98 Å². The fourth-order valence-electron chi connectivity index (χ4n) is 2.28. The Morgan fingerprint density at radius 2 is 2.09 bits per heavy atom. The highest BCUT2D eigenvalue weighted by atomic mass is 32.1. The van der Waals surface area contributed by atoms with Crippen LogP contribution in [0, 0.1) is 6.92 Å². The third kappa shape index (κ3) is 3.32. The van der Waals surface area contributed by atoms with Gasteiger partial charge in [-0.05, 0) is 31.2 Å². The number of nitrogens with zero attached hydrogens (tertiary/aromatic N) is 1. The van der Waals surface area contributed by atoms with Crippen LogP contribution in [0.15, 0.2) is 41.2 Å². The Morgan fingerprint density at radius 3 is 2.83 bits per heavy atom. The van der Waals surface area contributed by atoms with Crippen molar-refractivity contribution in [2.45, 2.75) is 19.8 Å². The lowest BCUT2D eigenvalue weighted by Crippen LogP contribution is -2.32. The van der Waals surface area contributed by atoms with E-state index < -0.39 is 0 Å². The zero-order valence-electron chi connectivity index (χ0n) is 12.9. The van der Waals surface area contributed by atoms with Crippen LogP contribution in [0.4, 0.5) is 0 Å². The summed E-state index contributed by atoms with van der Waals surface area (Å²) in [5.41, 5.74) is 1.47. The lowest BCUT2D eigenvalue weighted by molar-refractivity contribution is 0.0950. The molecule has 2 aromatic heterocycles. The first-order chi connectivity index (χ1) is 11.0. The topological polar surface area (TPSA) is 74.8 Å². The summed E-state index contributed by atoms with van der Waals surface area (Å²) in [6.45, 7) is 4.22. The number of rotatable bonds is 4. The molecule has 1 aromatic carbocycles. The maximum atomic E-state index is 12.1. The van der Waals surface area contributed by atoms with Crippen molar-refractivity contribution in [1.82, 2.24) is 15.3 Å². The number of aryl methyl sites for hydroxylation is 1. The molecule has 2 heterocycles. The number of fused-ring (bicyclic) bond motifs is 1. The van der Waals surface area contributed by atoms with Crippen molar-refractivity contribution in [3.05, 3.63) is 63.0 Å².